The molecule has 112 valence electrons. The first-order valence-electron chi connectivity index (χ1n) is 7.28. The number of nitroso groups, excluding NO2 is 1. The van der Waals surface area contributed by atoms with Gasteiger partial charge in [-0.15, -0.1) is 0 Å². The molecule has 1 N–H and O–H groups in total. The van der Waals surface area contributed by atoms with Gasteiger partial charge in [0, 0.05) is 35.9 Å². The van der Waals surface area contributed by atoms with Crippen LogP contribution in [0.4, 0.5) is 5.69 Å². The van der Waals surface area contributed by atoms with Gasteiger partial charge in [-0.25, -0.2) is 0 Å². The highest BCUT2D eigenvalue weighted by Crippen LogP contribution is 2.44. The lowest BCUT2D eigenvalue weighted by Crippen LogP contribution is -2.36. The van der Waals surface area contributed by atoms with Crippen LogP contribution in [-0.2, 0) is 4.79 Å². The van der Waals surface area contributed by atoms with Crippen molar-refractivity contribution in [3.05, 3.63) is 23.1 Å². The number of nitrogens with one attached hydrogen (secondary N) is 1. The molecule has 1 heterocycles. The van der Waals surface area contributed by atoms with Crippen molar-refractivity contribution < 1.29 is 14.3 Å². The average molecular weight is 307 g/mol. The van der Waals surface area contributed by atoms with E-state index in [-0.39, 0.29) is 17.2 Å². The van der Waals surface area contributed by atoms with E-state index in [4.69, 9.17) is 4.74 Å². The largest absolute Gasteiger partial charge is 0.497 e. The van der Waals surface area contributed by atoms with Gasteiger partial charge in [-0.2, -0.15) is 0 Å². The van der Waals surface area contributed by atoms with Gasteiger partial charge in [0.1, 0.15) is 5.75 Å². The molecule has 1 unspecified atom stereocenters. The molecule has 1 aromatic carbocycles. The molecule has 0 bridgehead atoms. The summed E-state index contributed by atoms with van der Waals surface area (Å²) in [5.74, 6) is 1.10. The summed E-state index contributed by atoms with van der Waals surface area (Å²) < 4.78 is 6.21. The van der Waals surface area contributed by atoms with Crippen molar-refractivity contribution in [1.82, 2.24) is 5.32 Å². The second-order valence-corrected chi connectivity index (χ2v) is 6.66. The summed E-state index contributed by atoms with van der Waals surface area (Å²) in [5, 5.41) is 2.77. The third-order valence-electron chi connectivity index (χ3n) is 4.10. The normalized spacial score (nSPS) is 20.8. The van der Waals surface area contributed by atoms with Crippen LogP contribution >= 0.6 is 11.8 Å². The van der Waals surface area contributed by atoms with Crippen molar-refractivity contribution in [1.29, 1.82) is 0 Å². The smallest absolute Gasteiger partial charge is 0.271 e. The van der Waals surface area contributed by atoms with Crippen LogP contribution in [0.5, 0.6) is 5.75 Å². The highest BCUT2D eigenvalue weighted by molar-refractivity contribution is 8.00. The molecular formula is C15H19N2O3S+. The number of carbonyl (C=O) groups excluding carboxylic acids is 1. The van der Waals surface area contributed by atoms with Crippen LogP contribution < -0.4 is 10.1 Å². The monoisotopic (exact) mass is 307 g/mol. The van der Waals surface area contributed by atoms with Crippen LogP contribution in [0, 0.1) is 10.8 Å². The first kappa shape index (κ1) is 14.4. The Kier molecular flexibility index (Phi) is 4.14. The predicted octanol–water partition coefficient (Wildman–Crippen LogP) is 2.84. The van der Waals surface area contributed by atoms with E-state index < -0.39 is 0 Å². The molecule has 21 heavy (non-hydrogen) atoms. The Bertz CT molecular complexity index is 572. The van der Waals surface area contributed by atoms with Gasteiger partial charge in [-0.3, -0.25) is 4.79 Å². The number of benzene rings is 1. The molecule has 1 fully saturated rings. The Hall–Kier alpha value is -1.56. The zero-order chi connectivity index (χ0) is 14.8. The van der Waals surface area contributed by atoms with Crippen LogP contribution in [0.2, 0.25) is 0 Å². The number of methoxy groups -OCH3 is 1. The molecule has 1 amide bonds. The highest BCUT2D eigenvalue weighted by Gasteiger charge is 2.39. The molecule has 1 atom stereocenters. The fourth-order valence-electron chi connectivity index (χ4n) is 2.56. The fraction of sp³-hybridized carbons (Fsp3) is 0.533. The first-order chi connectivity index (χ1) is 10.2. The molecule has 3 rings (SSSR count). The number of amides is 1. The van der Waals surface area contributed by atoms with E-state index >= 15 is 0 Å². The van der Waals surface area contributed by atoms with Crippen molar-refractivity contribution in [3.63, 3.8) is 0 Å². The lowest BCUT2D eigenvalue weighted by molar-refractivity contribution is -0.476. The quantitative estimate of drug-likeness (QED) is 0.850. The highest BCUT2D eigenvalue weighted by atomic mass is 32.2. The number of ether oxygens (including phenoxy) is 1. The molecular weight excluding hydrogens is 288 g/mol. The second kappa shape index (κ2) is 6.05. The maximum atomic E-state index is 12.2. The summed E-state index contributed by atoms with van der Waals surface area (Å²) in [6.45, 7) is 0.552. The summed E-state index contributed by atoms with van der Waals surface area (Å²) in [4.78, 5) is 24.9. The molecule has 0 aromatic heterocycles. The van der Waals surface area contributed by atoms with Gasteiger partial charge >= 0.3 is 0 Å². The van der Waals surface area contributed by atoms with Crippen LogP contribution in [0.15, 0.2) is 23.1 Å². The van der Waals surface area contributed by atoms with E-state index in [9.17, 15) is 9.70 Å². The molecule has 6 heteroatoms. The molecule has 0 spiro atoms. The molecule has 5 nitrogen and oxygen atoms in total. The lowest BCUT2D eigenvalue weighted by Gasteiger charge is -2.23. The van der Waals surface area contributed by atoms with Crippen LogP contribution in [0.25, 0.3) is 0 Å². The Morgan fingerprint density at radius 1 is 1.48 bits per heavy atom. The summed E-state index contributed by atoms with van der Waals surface area (Å²) in [6.07, 6.45) is 3.80. The van der Waals surface area contributed by atoms with E-state index in [1.807, 2.05) is 6.07 Å². The van der Waals surface area contributed by atoms with Gasteiger partial charge < -0.3 is 10.1 Å². The maximum absolute atomic E-state index is 12.2. The van der Waals surface area contributed by atoms with Gasteiger partial charge in [0.15, 0.2) is 0 Å². The van der Waals surface area contributed by atoms with Crippen molar-refractivity contribution in [2.45, 2.75) is 36.0 Å². The average Bonchev–Trinajstić information content (AvgIpc) is 2.73. The number of rotatable bonds is 5. The Labute approximate surface area is 128 Å². The summed E-state index contributed by atoms with van der Waals surface area (Å²) in [5.41, 5.74) is 0.691. The van der Waals surface area contributed by atoms with Gasteiger partial charge in [-0.1, -0.05) is 6.42 Å². The van der Waals surface area contributed by atoms with Gasteiger partial charge in [0.05, 0.1) is 16.8 Å². The van der Waals surface area contributed by atoms with Crippen molar-refractivity contribution >= 4 is 23.4 Å². The number of hydrogen-bond donors (Lipinski definition) is 1. The van der Waals surface area contributed by atoms with E-state index in [0.717, 1.165) is 34.7 Å². The van der Waals surface area contributed by atoms with Crippen molar-refractivity contribution in [2.24, 2.45) is 5.92 Å². The summed E-state index contributed by atoms with van der Waals surface area (Å²) in [7, 11) is 1.61. The summed E-state index contributed by atoms with van der Waals surface area (Å²) >= 11 is 1.54. The fourth-order valence-corrected chi connectivity index (χ4v) is 3.76. The SMILES string of the molecule is COc1ccc2c(c1)SC(CCNC(=O)C1CCC1)[N+]2=O. The first-order valence-corrected chi connectivity index (χ1v) is 8.16. The van der Waals surface area contributed by atoms with Gasteiger partial charge in [0.25, 0.3) is 11.1 Å². The van der Waals surface area contributed by atoms with E-state index in [2.05, 4.69) is 5.32 Å². The summed E-state index contributed by atoms with van der Waals surface area (Å²) in [6, 6.07) is 5.48. The van der Waals surface area contributed by atoms with E-state index in [1.54, 1.807) is 19.2 Å². The van der Waals surface area contributed by atoms with E-state index in [0.29, 0.717) is 18.7 Å². The number of nitrogens with zero attached hydrogens (tertiary/aromatic N) is 1. The maximum Gasteiger partial charge on any atom is 0.271 e. The number of carbonyl (C=O) groups is 1. The van der Waals surface area contributed by atoms with Crippen LogP contribution in [0.3, 0.4) is 0 Å². The third-order valence-corrected chi connectivity index (χ3v) is 5.38. The van der Waals surface area contributed by atoms with E-state index in [1.165, 1.54) is 11.8 Å². The molecule has 1 saturated carbocycles. The number of hydrogen-bond acceptors (Lipinski definition) is 4. The zero-order valence-corrected chi connectivity index (χ0v) is 12.8. The Morgan fingerprint density at radius 2 is 2.29 bits per heavy atom. The predicted molar refractivity (Wildman–Crippen MR) is 80.9 cm³/mol. The topological polar surface area (TPSA) is 58.4 Å². The lowest BCUT2D eigenvalue weighted by atomic mass is 9.85. The van der Waals surface area contributed by atoms with Crippen LogP contribution in [-0.4, -0.2) is 29.7 Å². The van der Waals surface area contributed by atoms with Crippen molar-refractivity contribution in [2.75, 3.05) is 13.7 Å². The number of fused-ring (bicyclic) bond motifs is 1. The second-order valence-electron chi connectivity index (χ2n) is 5.44. The molecule has 2 aliphatic rings. The Balaban J connectivity index is 1.53. The molecule has 1 aliphatic heterocycles. The Morgan fingerprint density at radius 3 is 2.95 bits per heavy atom. The van der Waals surface area contributed by atoms with Gasteiger partial charge in [-0.05, 0) is 30.7 Å². The zero-order valence-electron chi connectivity index (χ0n) is 12.0. The standard InChI is InChI=1S/C15H18N2O3S/c1-20-11-5-6-12-13(9-11)21-14(17(12)19)7-8-16-15(18)10-3-2-4-10/h5-6,9-10,14H,2-4,7-8H2,1H3/p+1. The molecule has 0 radical (unpaired) electrons. The molecule has 0 saturated heterocycles. The third kappa shape index (κ3) is 2.90. The number of thioether (sulfide) groups is 1. The molecule has 1 aromatic rings. The minimum Gasteiger partial charge on any atom is -0.497 e. The minimum atomic E-state index is -0.172. The van der Waals surface area contributed by atoms with Crippen LogP contribution in [0.1, 0.15) is 25.7 Å². The van der Waals surface area contributed by atoms with Gasteiger partial charge in [0.2, 0.25) is 5.91 Å². The minimum absolute atomic E-state index is 0.140. The molecule has 1 aliphatic carbocycles. The van der Waals surface area contributed by atoms with Crippen molar-refractivity contribution in [3.8, 4) is 5.75 Å².